The fourth-order valence-electron chi connectivity index (χ4n) is 4.87. The first-order valence-electron chi connectivity index (χ1n) is 12.2. The minimum atomic E-state index is 0.0494. The zero-order chi connectivity index (χ0) is 24.0. The average Bonchev–Trinajstić information content (AvgIpc) is 3.17. The van der Waals surface area contributed by atoms with Gasteiger partial charge in [-0.1, -0.05) is 83.1 Å². The second-order valence-electron chi connectivity index (χ2n) is 10.9. The molecule has 0 aliphatic carbocycles. The highest BCUT2D eigenvalue weighted by Crippen LogP contribution is 2.39. The molecular weight excluding hydrogens is 430 g/mol. The summed E-state index contributed by atoms with van der Waals surface area (Å²) in [6, 6.07) is 27.0. The molecule has 5 rings (SSSR count). The zero-order valence-corrected chi connectivity index (χ0v) is 21.9. The van der Waals surface area contributed by atoms with Gasteiger partial charge >= 0.3 is 0 Å². The van der Waals surface area contributed by atoms with E-state index < -0.39 is 0 Å². The maximum Gasteiger partial charge on any atom is 0.0826 e. The highest BCUT2D eigenvalue weighted by atomic mass is 32.1. The van der Waals surface area contributed by atoms with Crippen LogP contribution >= 0.6 is 11.3 Å². The van der Waals surface area contributed by atoms with Crippen molar-refractivity contribution >= 4 is 32.3 Å². The van der Waals surface area contributed by atoms with Gasteiger partial charge in [0, 0.05) is 16.0 Å². The van der Waals surface area contributed by atoms with Crippen LogP contribution in [0.5, 0.6) is 0 Å². The highest BCUT2D eigenvalue weighted by molar-refractivity contribution is 7.19. The Morgan fingerprint density at radius 1 is 0.853 bits per heavy atom. The van der Waals surface area contributed by atoms with E-state index in [2.05, 4.69) is 114 Å². The summed E-state index contributed by atoms with van der Waals surface area (Å²) < 4.78 is 1.27. The van der Waals surface area contributed by atoms with Crippen LogP contribution in [0.4, 0.5) is 0 Å². The average molecular weight is 464 g/mol. The summed E-state index contributed by atoms with van der Waals surface area (Å²) in [5.41, 5.74) is 8.67. The van der Waals surface area contributed by atoms with Crippen LogP contribution in [0.25, 0.3) is 43.4 Å². The summed E-state index contributed by atoms with van der Waals surface area (Å²) in [6.07, 6.45) is 1.11. The fraction of sp³-hybridized carbons (Fsp3) is 0.281. The van der Waals surface area contributed by atoms with Crippen LogP contribution in [-0.4, -0.2) is 4.98 Å². The van der Waals surface area contributed by atoms with Gasteiger partial charge in [0.2, 0.25) is 0 Å². The first-order valence-corrected chi connectivity index (χ1v) is 13.0. The van der Waals surface area contributed by atoms with Gasteiger partial charge < -0.3 is 0 Å². The molecule has 0 saturated carbocycles. The van der Waals surface area contributed by atoms with Crippen molar-refractivity contribution in [2.75, 3.05) is 0 Å². The number of benzene rings is 3. The molecule has 0 N–H and O–H groups in total. The number of fused-ring (bicyclic) bond motifs is 2. The summed E-state index contributed by atoms with van der Waals surface area (Å²) in [5.74, 6) is 0.662. The maximum atomic E-state index is 5.15. The molecule has 0 spiro atoms. The van der Waals surface area contributed by atoms with Gasteiger partial charge in [-0.05, 0) is 76.4 Å². The summed E-state index contributed by atoms with van der Waals surface area (Å²) in [6.45, 7) is 13.6. The summed E-state index contributed by atoms with van der Waals surface area (Å²) >= 11 is 1.84. The van der Waals surface area contributed by atoms with Crippen molar-refractivity contribution in [3.05, 3.63) is 88.8 Å². The molecule has 2 heteroatoms. The Balaban J connectivity index is 1.71. The Hall–Kier alpha value is -2.97. The minimum absolute atomic E-state index is 0.0494. The molecule has 2 heterocycles. The Morgan fingerprint density at radius 2 is 1.59 bits per heavy atom. The van der Waals surface area contributed by atoms with Crippen molar-refractivity contribution in [2.45, 2.75) is 53.4 Å². The van der Waals surface area contributed by atoms with Gasteiger partial charge in [-0.3, -0.25) is 0 Å². The predicted octanol–water partition coefficient (Wildman–Crippen LogP) is 9.59. The molecule has 0 saturated heterocycles. The van der Waals surface area contributed by atoms with E-state index in [0.717, 1.165) is 17.6 Å². The quantitative estimate of drug-likeness (QED) is 0.258. The molecule has 172 valence electrons. The first-order chi connectivity index (χ1) is 16.2. The van der Waals surface area contributed by atoms with E-state index in [-0.39, 0.29) is 5.41 Å². The monoisotopic (exact) mass is 463 g/mol. The van der Waals surface area contributed by atoms with E-state index in [4.69, 9.17) is 4.98 Å². The lowest BCUT2D eigenvalue weighted by Gasteiger charge is -2.23. The lowest BCUT2D eigenvalue weighted by atomic mass is 9.82. The van der Waals surface area contributed by atoms with Crippen molar-refractivity contribution in [2.24, 2.45) is 5.92 Å². The van der Waals surface area contributed by atoms with Gasteiger partial charge in [-0.2, -0.15) is 0 Å². The van der Waals surface area contributed by atoms with Crippen molar-refractivity contribution in [1.29, 1.82) is 0 Å². The first kappa shape index (κ1) is 22.8. The minimum Gasteiger partial charge on any atom is -0.247 e. The van der Waals surface area contributed by atoms with E-state index in [1.165, 1.54) is 48.2 Å². The lowest BCUT2D eigenvalue weighted by Crippen LogP contribution is -2.12. The number of nitrogens with zero attached hydrogens (tertiary/aromatic N) is 1. The second-order valence-corrected chi connectivity index (χ2v) is 12.2. The summed E-state index contributed by atoms with van der Waals surface area (Å²) in [5, 5.41) is 2.60. The third kappa shape index (κ3) is 4.40. The standard InChI is InChI=1S/C32H33NS/c1-20(2)15-22-11-13-23(14-12-22)27-19-29(33-30-16-21(3)34-31(27)30)25-17-24-9-7-8-10-26(24)28(18-25)32(4,5)6/h7-14,16-20H,15H2,1-6H3. The number of aromatic nitrogens is 1. The largest absolute Gasteiger partial charge is 0.247 e. The van der Waals surface area contributed by atoms with Gasteiger partial charge in [0.15, 0.2) is 0 Å². The van der Waals surface area contributed by atoms with Crippen LogP contribution < -0.4 is 0 Å². The molecule has 0 fully saturated rings. The third-order valence-electron chi connectivity index (χ3n) is 6.48. The van der Waals surface area contributed by atoms with Gasteiger partial charge in [0.1, 0.15) is 0 Å². The smallest absolute Gasteiger partial charge is 0.0826 e. The maximum absolute atomic E-state index is 5.15. The van der Waals surface area contributed by atoms with Crippen LogP contribution in [0.2, 0.25) is 0 Å². The number of thiophene rings is 1. The number of rotatable bonds is 4. The highest BCUT2D eigenvalue weighted by Gasteiger charge is 2.19. The molecule has 5 aromatic rings. The van der Waals surface area contributed by atoms with Crippen LogP contribution in [0.15, 0.2) is 72.8 Å². The van der Waals surface area contributed by atoms with E-state index in [1.54, 1.807) is 0 Å². The molecule has 0 radical (unpaired) electrons. The number of aryl methyl sites for hydroxylation is 1. The second kappa shape index (κ2) is 8.67. The van der Waals surface area contributed by atoms with Gasteiger partial charge in [0.25, 0.3) is 0 Å². The Labute approximate surface area is 207 Å². The third-order valence-corrected chi connectivity index (χ3v) is 7.55. The lowest BCUT2D eigenvalue weighted by molar-refractivity contribution is 0.596. The molecule has 0 aliphatic rings. The molecule has 2 aromatic heterocycles. The SMILES string of the molecule is Cc1cc2nc(-c3cc(C(C)(C)C)c4ccccc4c3)cc(-c3ccc(CC(C)C)cc3)c2s1. The summed E-state index contributed by atoms with van der Waals surface area (Å²) in [4.78, 5) is 6.45. The van der Waals surface area contributed by atoms with Crippen molar-refractivity contribution in [1.82, 2.24) is 4.98 Å². The Bertz CT molecular complexity index is 1480. The van der Waals surface area contributed by atoms with Crippen LogP contribution in [-0.2, 0) is 11.8 Å². The van der Waals surface area contributed by atoms with Crippen molar-refractivity contribution in [3.8, 4) is 22.4 Å². The number of pyridine rings is 1. The molecule has 0 atom stereocenters. The molecule has 0 aliphatic heterocycles. The van der Waals surface area contributed by atoms with Crippen molar-refractivity contribution < 1.29 is 0 Å². The Morgan fingerprint density at radius 3 is 2.29 bits per heavy atom. The van der Waals surface area contributed by atoms with Crippen LogP contribution in [0.1, 0.15) is 50.6 Å². The van der Waals surface area contributed by atoms with E-state index in [1.807, 2.05) is 11.3 Å². The Kier molecular flexibility index (Phi) is 5.81. The van der Waals surface area contributed by atoms with E-state index in [9.17, 15) is 0 Å². The fourth-order valence-corrected chi connectivity index (χ4v) is 5.86. The van der Waals surface area contributed by atoms with Gasteiger partial charge in [-0.25, -0.2) is 4.98 Å². The molecule has 0 unspecified atom stereocenters. The van der Waals surface area contributed by atoms with Crippen molar-refractivity contribution in [3.63, 3.8) is 0 Å². The number of hydrogen-bond donors (Lipinski definition) is 0. The molecule has 3 aromatic carbocycles. The van der Waals surface area contributed by atoms with Gasteiger partial charge in [0.05, 0.1) is 15.9 Å². The molecule has 0 bridgehead atoms. The number of hydrogen-bond acceptors (Lipinski definition) is 2. The predicted molar refractivity (Wildman–Crippen MR) is 150 cm³/mol. The molecule has 1 nitrogen and oxygen atoms in total. The topological polar surface area (TPSA) is 12.9 Å². The molecule has 34 heavy (non-hydrogen) atoms. The molecular formula is C32H33NS. The normalized spacial score (nSPS) is 12.2. The van der Waals surface area contributed by atoms with Crippen LogP contribution in [0, 0.1) is 12.8 Å². The van der Waals surface area contributed by atoms with E-state index in [0.29, 0.717) is 5.92 Å². The van der Waals surface area contributed by atoms with Gasteiger partial charge in [-0.15, -0.1) is 11.3 Å². The van der Waals surface area contributed by atoms with E-state index >= 15 is 0 Å². The molecule has 0 amide bonds. The zero-order valence-electron chi connectivity index (χ0n) is 21.1. The summed E-state index contributed by atoms with van der Waals surface area (Å²) in [7, 11) is 0. The van der Waals surface area contributed by atoms with Crippen LogP contribution in [0.3, 0.4) is 0 Å².